The fourth-order valence-electron chi connectivity index (χ4n) is 2.51. The third-order valence-electron chi connectivity index (χ3n) is 4.12. The third-order valence-corrected chi connectivity index (χ3v) is 4.12. The molecule has 0 heterocycles. The summed E-state index contributed by atoms with van der Waals surface area (Å²) in [6.07, 6.45) is -0.443. The lowest BCUT2D eigenvalue weighted by molar-refractivity contribution is -0.144. The standard InChI is InChI=1S/C18H32N4O8/c1-8(2)5-10(19)15(26)22-14(9(3)4)17(28)20-11(6-13(24)25)16(27)21-12(7-23)18(29)30/h8-12,14,23H,5-7,19H2,1-4H3,(H,20,28)(H,21,27)(H,22,26)(H,24,25)(H,29,30). The largest absolute Gasteiger partial charge is 0.481 e. The highest BCUT2D eigenvalue weighted by molar-refractivity contribution is 5.95. The summed E-state index contributed by atoms with van der Waals surface area (Å²) < 4.78 is 0. The minimum atomic E-state index is -1.67. The Bertz CT molecular complexity index is 638. The van der Waals surface area contributed by atoms with Crippen LogP contribution < -0.4 is 21.7 Å². The maximum Gasteiger partial charge on any atom is 0.328 e. The third kappa shape index (κ3) is 9.65. The average molecular weight is 432 g/mol. The number of aliphatic hydroxyl groups excluding tert-OH is 1. The maximum atomic E-state index is 12.6. The molecule has 30 heavy (non-hydrogen) atoms. The van der Waals surface area contributed by atoms with Crippen LogP contribution in [-0.4, -0.2) is 75.8 Å². The number of nitrogens with two attached hydrogens (primary N) is 1. The predicted molar refractivity (Wildman–Crippen MR) is 105 cm³/mol. The van der Waals surface area contributed by atoms with Gasteiger partial charge < -0.3 is 37.0 Å². The van der Waals surface area contributed by atoms with Gasteiger partial charge in [0.15, 0.2) is 0 Å². The van der Waals surface area contributed by atoms with Gasteiger partial charge in [0, 0.05) is 0 Å². The van der Waals surface area contributed by atoms with Gasteiger partial charge in [-0.15, -0.1) is 0 Å². The van der Waals surface area contributed by atoms with Crippen molar-refractivity contribution in [3.8, 4) is 0 Å². The Morgan fingerprint density at radius 2 is 1.37 bits per heavy atom. The van der Waals surface area contributed by atoms with Gasteiger partial charge in [-0.05, 0) is 18.3 Å². The molecule has 0 aromatic carbocycles. The van der Waals surface area contributed by atoms with E-state index < -0.39 is 72.8 Å². The fraction of sp³-hybridized carbons (Fsp3) is 0.722. The Balaban J connectivity index is 5.35. The van der Waals surface area contributed by atoms with Crippen LogP contribution in [0.5, 0.6) is 0 Å². The molecule has 0 aliphatic carbocycles. The van der Waals surface area contributed by atoms with Crippen molar-refractivity contribution in [2.24, 2.45) is 17.6 Å². The first kappa shape index (κ1) is 27.3. The summed E-state index contributed by atoms with van der Waals surface area (Å²) >= 11 is 0. The van der Waals surface area contributed by atoms with Crippen LogP contribution in [0, 0.1) is 11.8 Å². The molecule has 0 bridgehead atoms. The van der Waals surface area contributed by atoms with Gasteiger partial charge in [0.05, 0.1) is 19.1 Å². The van der Waals surface area contributed by atoms with Crippen molar-refractivity contribution in [3.05, 3.63) is 0 Å². The van der Waals surface area contributed by atoms with E-state index in [4.69, 9.17) is 21.1 Å². The number of hydrogen-bond acceptors (Lipinski definition) is 7. The van der Waals surface area contributed by atoms with Crippen LogP contribution in [0.15, 0.2) is 0 Å². The van der Waals surface area contributed by atoms with E-state index in [0.29, 0.717) is 6.42 Å². The van der Waals surface area contributed by atoms with Crippen LogP contribution in [0.2, 0.25) is 0 Å². The van der Waals surface area contributed by atoms with E-state index in [1.54, 1.807) is 13.8 Å². The van der Waals surface area contributed by atoms with Crippen LogP contribution >= 0.6 is 0 Å². The smallest absolute Gasteiger partial charge is 0.328 e. The first-order valence-corrected chi connectivity index (χ1v) is 9.52. The molecular weight excluding hydrogens is 400 g/mol. The number of rotatable bonds is 13. The Kier molecular flexibility index (Phi) is 11.6. The van der Waals surface area contributed by atoms with E-state index in [1.807, 2.05) is 19.2 Å². The predicted octanol–water partition coefficient (Wildman–Crippen LogP) is -1.98. The second-order valence-corrected chi connectivity index (χ2v) is 7.71. The van der Waals surface area contributed by atoms with Gasteiger partial charge in [-0.25, -0.2) is 4.79 Å². The Morgan fingerprint density at radius 3 is 1.77 bits per heavy atom. The second-order valence-electron chi connectivity index (χ2n) is 7.71. The second kappa shape index (κ2) is 12.8. The molecule has 0 fully saturated rings. The number of aliphatic hydroxyl groups is 1. The molecule has 0 aromatic heterocycles. The zero-order valence-electron chi connectivity index (χ0n) is 17.5. The van der Waals surface area contributed by atoms with Crippen molar-refractivity contribution in [3.63, 3.8) is 0 Å². The zero-order chi connectivity index (χ0) is 23.6. The van der Waals surface area contributed by atoms with Gasteiger partial charge in [0.25, 0.3) is 0 Å². The van der Waals surface area contributed by atoms with Gasteiger partial charge in [-0.2, -0.15) is 0 Å². The summed E-state index contributed by atoms with van der Waals surface area (Å²) in [6.45, 7) is 6.11. The van der Waals surface area contributed by atoms with E-state index in [2.05, 4.69) is 10.6 Å². The molecule has 0 rings (SSSR count). The highest BCUT2D eigenvalue weighted by atomic mass is 16.4. The molecule has 4 unspecified atom stereocenters. The van der Waals surface area contributed by atoms with Crippen molar-refractivity contribution < 1.29 is 39.3 Å². The summed E-state index contributed by atoms with van der Waals surface area (Å²) in [5.41, 5.74) is 5.82. The van der Waals surface area contributed by atoms with Gasteiger partial charge in [0.1, 0.15) is 18.1 Å². The SMILES string of the molecule is CC(C)CC(N)C(=O)NC(C(=O)NC(CC(=O)O)C(=O)NC(CO)C(=O)O)C(C)C. The number of aliphatic carboxylic acids is 2. The zero-order valence-corrected chi connectivity index (χ0v) is 17.5. The van der Waals surface area contributed by atoms with Crippen molar-refractivity contribution in [2.75, 3.05) is 6.61 Å². The monoisotopic (exact) mass is 432 g/mol. The van der Waals surface area contributed by atoms with Gasteiger partial charge >= 0.3 is 11.9 Å². The Hall–Kier alpha value is -2.73. The first-order valence-electron chi connectivity index (χ1n) is 9.52. The number of hydrogen-bond donors (Lipinski definition) is 7. The molecule has 3 amide bonds. The molecule has 0 aromatic rings. The summed E-state index contributed by atoms with van der Waals surface area (Å²) in [4.78, 5) is 59.2. The number of carbonyl (C=O) groups excluding carboxylic acids is 3. The topological polar surface area (TPSA) is 208 Å². The summed E-state index contributed by atoms with van der Waals surface area (Å²) in [6, 6.07) is -5.24. The molecule has 12 nitrogen and oxygen atoms in total. The quantitative estimate of drug-likeness (QED) is 0.172. The van der Waals surface area contributed by atoms with Crippen LogP contribution in [0.3, 0.4) is 0 Å². The van der Waals surface area contributed by atoms with E-state index in [9.17, 15) is 24.0 Å². The normalized spacial score (nSPS) is 15.1. The lowest BCUT2D eigenvalue weighted by atomic mass is 10.00. The Labute approximate surface area is 174 Å². The number of carboxylic acids is 2. The number of carboxylic acid groups (broad SMARTS) is 2. The first-order chi connectivity index (χ1) is 13.8. The number of carbonyl (C=O) groups is 5. The van der Waals surface area contributed by atoms with Gasteiger partial charge in [-0.1, -0.05) is 27.7 Å². The molecule has 8 N–H and O–H groups in total. The molecular formula is C18H32N4O8. The minimum Gasteiger partial charge on any atom is -0.481 e. The molecule has 0 spiro atoms. The van der Waals surface area contributed by atoms with Gasteiger partial charge in [-0.3, -0.25) is 19.2 Å². The van der Waals surface area contributed by atoms with Crippen molar-refractivity contribution in [1.82, 2.24) is 16.0 Å². The van der Waals surface area contributed by atoms with E-state index in [0.717, 1.165) is 0 Å². The fourth-order valence-corrected chi connectivity index (χ4v) is 2.51. The van der Waals surface area contributed by atoms with E-state index in [-0.39, 0.29) is 5.92 Å². The molecule has 0 radical (unpaired) electrons. The van der Waals surface area contributed by atoms with E-state index in [1.165, 1.54) is 0 Å². The molecule has 4 atom stereocenters. The minimum absolute atomic E-state index is 0.148. The van der Waals surface area contributed by atoms with Crippen molar-refractivity contribution in [2.45, 2.75) is 64.7 Å². The molecule has 0 aliphatic rings. The summed E-state index contributed by atoms with van der Waals surface area (Å²) in [5.74, 6) is -5.71. The highest BCUT2D eigenvalue weighted by Gasteiger charge is 2.32. The number of amides is 3. The highest BCUT2D eigenvalue weighted by Crippen LogP contribution is 2.07. The Morgan fingerprint density at radius 1 is 0.833 bits per heavy atom. The van der Waals surface area contributed by atoms with Crippen LogP contribution in [0.4, 0.5) is 0 Å². The molecule has 12 heteroatoms. The number of nitrogens with one attached hydrogen (secondary N) is 3. The molecule has 0 aliphatic heterocycles. The molecule has 0 saturated heterocycles. The average Bonchev–Trinajstić information content (AvgIpc) is 2.61. The van der Waals surface area contributed by atoms with Crippen molar-refractivity contribution >= 4 is 29.7 Å². The summed E-state index contributed by atoms with van der Waals surface area (Å²) in [7, 11) is 0. The van der Waals surface area contributed by atoms with Gasteiger partial charge in [0.2, 0.25) is 17.7 Å². The molecule has 172 valence electrons. The lowest BCUT2D eigenvalue weighted by Crippen LogP contribution is -2.59. The maximum absolute atomic E-state index is 12.6. The van der Waals surface area contributed by atoms with Crippen LogP contribution in [0.25, 0.3) is 0 Å². The molecule has 0 saturated carbocycles. The lowest BCUT2D eigenvalue weighted by Gasteiger charge is -2.26. The summed E-state index contributed by atoms with van der Waals surface area (Å²) in [5, 5.41) is 33.6. The van der Waals surface area contributed by atoms with E-state index >= 15 is 0 Å². The van der Waals surface area contributed by atoms with Crippen LogP contribution in [-0.2, 0) is 24.0 Å². The van der Waals surface area contributed by atoms with Crippen LogP contribution in [0.1, 0.15) is 40.5 Å². The van der Waals surface area contributed by atoms with Crippen molar-refractivity contribution in [1.29, 1.82) is 0 Å².